The van der Waals surface area contributed by atoms with Crippen LogP contribution in [0.2, 0.25) is 5.02 Å². The highest BCUT2D eigenvalue weighted by Crippen LogP contribution is 2.22. The van der Waals surface area contributed by atoms with Crippen LogP contribution in [0.4, 0.5) is 11.4 Å². The minimum absolute atomic E-state index is 0.123. The standard InChI is InChI=1S/C20H22ClN3O2/c1-14-3-8-18(19(21)13-14)20(26)22-16-4-6-17(7-5-16)24-11-9-23(10-12-24)15(2)25/h3-8,13H,9-12H2,1-2H3,(H,22,26). The monoisotopic (exact) mass is 371 g/mol. The summed E-state index contributed by atoms with van der Waals surface area (Å²) >= 11 is 6.16. The number of aryl methyl sites for hydroxylation is 1. The number of piperazine rings is 1. The van der Waals surface area contributed by atoms with Gasteiger partial charge in [-0.05, 0) is 48.9 Å². The average Bonchev–Trinajstić information content (AvgIpc) is 2.62. The van der Waals surface area contributed by atoms with E-state index in [2.05, 4.69) is 10.2 Å². The van der Waals surface area contributed by atoms with Crippen LogP contribution in [-0.2, 0) is 4.79 Å². The van der Waals surface area contributed by atoms with Gasteiger partial charge in [0, 0.05) is 44.5 Å². The summed E-state index contributed by atoms with van der Waals surface area (Å²) in [5, 5.41) is 3.32. The van der Waals surface area contributed by atoms with Crippen molar-refractivity contribution in [2.45, 2.75) is 13.8 Å². The van der Waals surface area contributed by atoms with Crippen molar-refractivity contribution in [2.24, 2.45) is 0 Å². The Labute approximate surface area is 158 Å². The molecule has 1 N–H and O–H groups in total. The van der Waals surface area contributed by atoms with Crippen molar-refractivity contribution in [2.75, 3.05) is 36.4 Å². The topological polar surface area (TPSA) is 52.7 Å². The van der Waals surface area contributed by atoms with E-state index in [0.29, 0.717) is 10.6 Å². The van der Waals surface area contributed by atoms with Crippen molar-refractivity contribution >= 4 is 34.8 Å². The second-order valence-electron chi connectivity index (χ2n) is 6.48. The summed E-state index contributed by atoms with van der Waals surface area (Å²) in [6.07, 6.45) is 0. The number of hydrogen-bond acceptors (Lipinski definition) is 3. The fourth-order valence-electron chi connectivity index (χ4n) is 3.04. The Morgan fingerprint density at radius 1 is 1.00 bits per heavy atom. The SMILES string of the molecule is CC(=O)N1CCN(c2ccc(NC(=O)c3ccc(C)cc3Cl)cc2)CC1. The molecule has 5 nitrogen and oxygen atoms in total. The number of anilines is 2. The molecule has 0 unspecified atom stereocenters. The van der Waals surface area contributed by atoms with E-state index in [0.717, 1.165) is 43.1 Å². The van der Waals surface area contributed by atoms with Gasteiger partial charge in [-0.25, -0.2) is 0 Å². The lowest BCUT2D eigenvalue weighted by molar-refractivity contribution is -0.129. The summed E-state index contributed by atoms with van der Waals surface area (Å²) in [7, 11) is 0. The van der Waals surface area contributed by atoms with Crippen molar-refractivity contribution in [1.29, 1.82) is 0 Å². The first kappa shape index (κ1) is 18.3. The van der Waals surface area contributed by atoms with Gasteiger partial charge >= 0.3 is 0 Å². The lowest BCUT2D eigenvalue weighted by Crippen LogP contribution is -2.48. The third kappa shape index (κ3) is 4.17. The summed E-state index contributed by atoms with van der Waals surface area (Å²) in [6.45, 7) is 6.63. The van der Waals surface area contributed by atoms with Gasteiger partial charge in [-0.2, -0.15) is 0 Å². The van der Waals surface area contributed by atoms with Gasteiger partial charge in [0.05, 0.1) is 10.6 Å². The van der Waals surface area contributed by atoms with Gasteiger partial charge in [-0.15, -0.1) is 0 Å². The Hall–Kier alpha value is -2.53. The molecule has 0 aliphatic carbocycles. The zero-order valence-electron chi connectivity index (χ0n) is 15.0. The van der Waals surface area contributed by atoms with E-state index >= 15 is 0 Å². The number of benzene rings is 2. The van der Waals surface area contributed by atoms with Gasteiger partial charge < -0.3 is 15.1 Å². The average molecular weight is 372 g/mol. The second-order valence-corrected chi connectivity index (χ2v) is 6.88. The van der Waals surface area contributed by atoms with Crippen LogP contribution in [-0.4, -0.2) is 42.9 Å². The molecular weight excluding hydrogens is 350 g/mol. The quantitative estimate of drug-likeness (QED) is 0.897. The molecular formula is C20H22ClN3O2. The maximum absolute atomic E-state index is 12.4. The first-order valence-corrected chi connectivity index (χ1v) is 9.00. The highest BCUT2D eigenvalue weighted by atomic mass is 35.5. The van der Waals surface area contributed by atoms with Gasteiger partial charge in [0.15, 0.2) is 0 Å². The molecule has 1 heterocycles. The summed E-state index contributed by atoms with van der Waals surface area (Å²) < 4.78 is 0. The van der Waals surface area contributed by atoms with Crippen molar-refractivity contribution in [1.82, 2.24) is 4.90 Å². The Bertz CT molecular complexity index is 812. The van der Waals surface area contributed by atoms with Crippen LogP contribution in [0.15, 0.2) is 42.5 Å². The molecule has 0 atom stereocenters. The van der Waals surface area contributed by atoms with Crippen molar-refractivity contribution < 1.29 is 9.59 Å². The van der Waals surface area contributed by atoms with Crippen molar-refractivity contribution in [3.8, 4) is 0 Å². The summed E-state index contributed by atoms with van der Waals surface area (Å²) in [6, 6.07) is 13.1. The second kappa shape index (κ2) is 7.79. The minimum atomic E-state index is -0.224. The maximum Gasteiger partial charge on any atom is 0.257 e. The van der Waals surface area contributed by atoms with Gasteiger partial charge in [-0.1, -0.05) is 17.7 Å². The third-order valence-electron chi connectivity index (χ3n) is 4.58. The van der Waals surface area contributed by atoms with E-state index in [9.17, 15) is 9.59 Å². The van der Waals surface area contributed by atoms with E-state index in [1.807, 2.05) is 42.2 Å². The fourth-order valence-corrected chi connectivity index (χ4v) is 3.36. The van der Waals surface area contributed by atoms with E-state index < -0.39 is 0 Å². The third-order valence-corrected chi connectivity index (χ3v) is 4.90. The van der Waals surface area contributed by atoms with E-state index in [1.165, 1.54) is 0 Å². The Balaban J connectivity index is 1.63. The van der Waals surface area contributed by atoms with Crippen LogP contribution < -0.4 is 10.2 Å². The smallest absolute Gasteiger partial charge is 0.257 e. The Kier molecular flexibility index (Phi) is 5.47. The molecule has 0 bridgehead atoms. The predicted molar refractivity (Wildman–Crippen MR) is 105 cm³/mol. The first-order chi connectivity index (χ1) is 12.4. The summed E-state index contributed by atoms with van der Waals surface area (Å²) in [4.78, 5) is 27.9. The van der Waals surface area contributed by atoms with Gasteiger partial charge in [0.1, 0.15) is 0 Å². The maximum atomic E-state index is 12.4. The largest absolute Gasteiger partial charge is 0.368 e. The molecule has 0 spiro atoms. The van der Waals surface area contributed by atoms with E-state index in [1.54, 1.807) is 19.1 Å². The highest BCUT2D eigenvalue weighted by molar-refractivity contribution is 6.34. The molecule has 2 aromatic rings. The number of carbonyl (C=O) groups is 2. The fraction of sp³-hybridized carbons (Fsp3) is 0.300. The van der Waals surface area contributed by atoms with Crippen LogP contribution in [0.25, 0.3) is 0 Å². The van der Waals surface area contributed by atoms with Crippen molar-refractivity contribution in [3.05, 3.63) is 58.6 Å². The lowest BCUT2D eigenvalue weighted by atomic mass is 10.1. The normalized spacial score (nSPS) is 14.3. The number of amides is 2. The molecule has 26 heavy (non-hydrogen) atoms. The molecule has 1 saturated heterocycles. The van der Waals surface area contributed by atoms with Crippen LogP contribution in [0.5, 0.6) is 0 Å². The van der Waals surface area contributed by atoms with E-state index in [4.69, 9.17) is 11.6 Å². The minimum Gasteiger partial charge on any atom is -0.368 e. The number of nitrogens with zero attached hydrogens (tertiary/aromatic N) is 2. The zero-order chi connectivity index (χ0) is 18.7. The van der Waals surface area contributed by atoms with Gasteiger partial charge in [0.2, 0.25) is 5.91 Å². The molecule has 0 radical (unpaired) electrons. The summed E-state index contributed by atoms with van der Waals surface area (Å²) in [5.74, 6) is -0.102. The number of hydrogen-bond donors (Lipinski definition) is 1. The number of rotatable bonds is 3. The molecule has 0 saturated carbocycles. The predicted octanol–water partition coefficient (Wildman–Crippen LogP) is 3.57. The molecule has 6 heteroatoms. The van der Waals surface area contributed by atoms with Crippen LogP contribution in [0.3, 0.4) is 0 Å². The molecule has 2 amide bonds. The Morgan fingerprint density at radius 3 is 2.23 bits per heavy atom. The lowest BCUT2D eigenvalue weighted by Gasteiger charge is -2.35. The zero-order valence-corrected chi connectivity index (χ0v) is 15.7. The molecule has 1 fully saturated rings. The number of nitrogens with one attached hydrogen (secondary N) is 1. The van der Waals surface area contributed by atoms with Crippen molar-refractivity contribution in [3.63, 3.8) is 0 Å². The summed E-state index contributed by atoms with van der Waals surface area (Å²) in [5.41, 5.74) is 3.28. The van der Waals surface area contributed by atoms with Crippen LogP contribution in [0, 0.1) is 6.92 Å². The van der Waals surface area contributed by atoms with Crippen LogP contribution >= 0.6 is 11.6 Å². The number of halogens is 1. The molecule has 2 aromatic carbocycles. The number of carbonyl (C=O) groups excluding carboxylic acids is 2. The van der Waals surface area contributed by atoms with Gasteiger partial charge in [-0.3, -0.25) is 9.59 Å². The van der Waals surface area contributed by atoms with E-state index in [-0.39, 0.29) is 11.8 Å². The molecule has 1 aliphatic rings. The molecule has 3 rings (SSSR count). The Morgan fingerprint density at radius 2 is 1.65 bits per heavy atom. The molecule has 136 valence electrons. The highest BCUT2D eigenvalue weighted by Gasteiger charge is 2.18. The molecule has 1 aliphatic heterocycles. The van der Waals surface area contributed by atoms with Crippen LogP contribution in [0.1, 0.15) is 22.8 Å². The van der Waals surface area contributed by atoms with Gasteiger partial charge in [0.25, 0.3) is 5.91 Å². The molecule has 0 aromatic heterocycles. The first-order valence-electron chi connectivity index (χ1n) is 8.62.